The first kappa shape index (κ1) is 38.4. The van der Waals surface area contributed by atoms with Gasteiger partial charge in [-0.15, -0.1) is 0 Å². The summed E-state index contributed by atoms with van der Waals surface area (Å²) in [4.78, 5) is 79.0. The Bertz CT molecular complexity index is 1590. The van der Waals surface area contributed by atoms with E-state index in [0.717, 1.165) is 11.8 Å². The Morgan fingerprint density at radius 1 is 0.627 bits per heavy atom. The third kappa shape index (κ3) is 10.8. The smallest absolute Gasteiger partial charge is 0.410 e. The number of nitro groups is 2. The van der Waals surface area contributed by atoms with Gasteiger partial charge in [0.05, 0.1) is 31.8 Å². The van der Waals surface area contributed by atoms with Crippen molar-refractivity contribution < 1.29 is 38.5 Å². The van der Waals surface area contributed by atoms with Gasteiger partial charge in [-0.05, 0) is 63.1 Å². The van der Waals surface area contributed by atoms with Gasteiger partial charge in [-0.1, -0.05) is 23.9 Å². The standard InChI is InChI=1S/C34H40N6O10S/c1-23(2)49-33(43)37-17-13-35(14-18-37)31(41)11-7-25-5-9-29(27(21-25)39(45)46)51-30-10-6-26(22-28(30)40(47)48)8-12-32(42)36-15-19-38(20-16-36)34(44)50-24(3)4/h5-12,21-24H,13-20H2,1-4H3/b11-7+,12-8+. The van der Waals surface area contributed by atoms with Crippen molar-refractivity contribution in [2.75, 3.05) is 52.4 Å². The first-order chi connectivity index (χ1) is 24.2. The second-order valence-corrected chi connectivity index (χ2v) is 13.3. The summed E-state index contributed by atoms with van der Waals surface area (Å²) in [6.45, 7) is 9.55. The number of piperazine rings is 2. The Morgan fingerprint density at radius 3 is 1.27 bits per heavy atom. The number of nitrogens with zero attached hydrogens (tertiary/aromatic N) is 6. The number of carbonyl (C=O) groups is 4. The van der Waals surface area contributed by atoms with E-state index in [9.17, 15) is 39.4 Å². The summed E-state index contributed by atoms with van der Waals surface area (Å²) in [5.74, 6) is -0.628. The quantitative estimate of drug-likeness (QED) is 0.181. The second-order valence-electron chi connectivity index (χ2n) is 12.2. The topological polar surface area (TPSA) is 186 Å². The number of carbonyl (C=O) groups excluding carboxylic acids is 4. The zero-order valence-electron chi connectivity index (χ0n) is 28.8. The molecule has 0 aliphatic carbocycles. The molecular weight excluding hydrogens is 684 g/mol. The lowest BCUT2D eigenvalue weighted by Crippen LogP contribution is -2.50. The van der Waals surface area contributed by atoms with E-state index >= 15 is 0 Å². The Balaban J connectivity index is 1.39. The predicted molar refractivity (Wildman–Crippen MR) is 188 cm³/mol. The monoisotopic (exact) mass is 724 g/mol. The number of ether oxygens (including phenoxy) is 2. The maximum atomic E-state index is 12.8. The summed E-state index contributed by atoms with van der Waals surface area (Å²) in [6.07, 6.45) is 4.15. The van der Waals surface area contributed by atoms with Crippen molar-refractivity contribution >= 4 is 59.3 Å². The van der Waals surface area contributed by atoms with Crippen LogP contribution in [0.15, 0.2) is 58.3 Å². The second kappa shape index (κ2) is 17.5. The number of nitro benzene ring substituents is 2. The number of hydrogen-bond acceptors (Lipinski definition) is 11. The molecule has 0 spiro atoms. The largest absolute Gasteiger partial charge is 0.447 e. The van der Waals surface area contributed by atoms with Gasteiger partial charge in [-0.2, -0.15) is 0 Å². The van der Waals surface area contributed by atoms with E-state index in [4.69, 9.17) is 9.47 Å². The fourth-order valence-electron chi connectivity index (χ4n) is 5.17. The minimum absolute atomic E-state index is 0.158. The van der Waals surface area contributed by atoms with Crippen LogP contribution >= 0.6 is 11.8 Å². The highest BCUT2D eigenvalue weighted by atomic mass is 32.2. The van der Waals surface area contributed by atoms with E-state index in [0.29, 0.717) is 63.5 Å². The van der Waals surface area contributed by atoms with Crippen molar-refractivity contribution in [3.05, 3.63) is 79.9 Å². The lowest BCUT2D eigenvalue weighted by atomic mass is 10.2. The molecule has 2 aromatic carbocycles. The molecule has 0 atom stereocenters. The van der Waals surface area contributed by atoms with Crippen LogP contribution in [0.25, 0.3) is 12.2 Å². The third-order valence-corrected chi connectivity index (χ3v) is 8.92. The molecule has 4 rings (SSSR count). The van der Waals surface area contributed by atoms with E-state index in [1.165, 1.54) is 58.4 Å². The average molecular weight is 725 g/mol. The molecule has 2 aliphatic heterocycles. The fraction of sp³-hybridized carbons (Fsp3) is 0.412. The third-order valence-electron chi connectivity index (χ3n) is 7.79. The molecule has 0 unspecified atom stereocenters. The molecule has 0 saturated carbocycles. The Labute approximate surface area is 298 Å². The molecule has 0 N–H and O–H groups in total. The van der Waals surface area contributed by atoms with Crippen LogP contribution in [0.5, 0.6) is 0 Å². The molecule has 0 radical (unpaired) electrons. The van der Waals surface area contributed by atoms with Gasteiger partial charge in [0.2, 0.25) is 11.8 Å². The maximum absolute atomic E-state index is 12.8. The van der Waals surface area contributed by atoms with E-state index < -0.39 is 22.0 Å². The molecule has 2 aromatic rings. The molecule has 17 heteroatoms. The van der Waals surface area contributed by atoms with Gasteiger partial charge in [-0.3, -0.25) is 29.8 Å². The normalized spacial score (nSPS) is 15.2. The molecule has 272 valence electrons. The van der Waals surface area contributed by atoms with Crippen molar-refractivity contribution in [1.82, 2.24) is 19.6 Å². The van der Waals surface area contributed by atoms with Crippen LogP contribution in [0, 0.1) is 20.2 Å². The van der Waals surface area contributed by atoms with E-state index in [-0.39, 0.29) is 45.2 Å². The molecule has 16 nitrogen and oxygen atoms in total. The highest BCUT2D eigenvalue weighted by Crippen LogP contribution is 2.40. The highest BCUT2D eigenvalue weighted by molar-refractivity contribution is 7.99. The first-order valence-corrected chi connectivity index (χ1v) is 17.1. The molecule has 2 fully saturated rings. The summed E-state index contributed by atoms with van der Waals surface area (Å²) >= 11 is 0.854. The molecule has 2 heterocycles. The van der Waals surface area contributed by atoms with Crippen LogP contribution in [0.1, 0.15) is 38.8 Å². The minimum atomic E-state index is -0.599. The minimum Gasteiger partial charge on any atom is -0.447 e. The Kier molecular flexibility index (Phi) is 13.1. The van der Waals surface area contributed by atoms with Gasteiger partial charge in [0, 0.05) is 76.6 Å². The van der Waals surface area contributed by atoms with Crippen molar-refractivity contribution in [2.45, 2.75) is 49.7 Å². The maximum Gasteiger partial charge on any atom is 0.410 e. The van der Waals surface area contributed by atoms with Crippen LogP contribution < -0.4 is 0 Å². The zero-order chi connectivity index (χ0) is 37.2. The van der Waals surface area contributed by atoms with Gasteiger partial charge >= 0.3 is 12.2 Å². The number of amides is 4. The van der Waals surface area contributed by atoms with E-state index in [2.05, 4.69) is 0 Å². The Hall–Kier alpha value is -5.45. The van der Waals surface area contributed by atoms with Gasteiger partial charge in [0.25, 0.3) is 11.4 Å². The highest BCUT2D eigenvalue weighted by Gasteiger charge is 2.26. The van der Waals surface area contributed by atoms with E-state index in [1.54, 1.807) is 49.6 Å². The average Bonchev–Trinajstić information content (AvgIpc) is 3.09. The summed E-state index contributed by atoms with van der Waals surface area (Å²) in [5.41, 5.74) is 0.173. The van der Waals surface area contributed by atoms with Crippen LogP contribution in [0.2, 0.25) is 0 Å². The summed E-state index contributed by atoms with van der Waals surface area (Å²) in [6, 6.07) is 8.64. The van der Waals surface area contributed by atoms with Gasteiger partial charge in [-0.25, -0.2) is 9.59 Å². The van der Waals surface area contributed by atoms with Crippen molar-refractivity contribution in [2.24, 2.45) is 0 Å². The molecule has 0 aromatic heterocycles. The molecule has 0 bridgehead atoms. The molecule has 2 saturated heterocycles. The number of benzene rings is 2. The molecular formula is C34H40N6O10S. The predicted octanol–water partition coefficient (Wildman–Crippen LogP) is 5.06. The number of hydrogen-bond donors (Lipinski definition) is 0. The summed E-state index contributed by atoms with van der Waals surface area (Å²) in [5, 5.41) is 24.0. The van der Waals surface area contributed by atoms with Crippen molar-refractivity contribution in [3.8, 4) is 0 Å². The van der Waals surface area contributed by atoms with Gasteiger partial charge in [0.15, 0.2) is 0 Å². The lowest BCUT2D eigenvalue weighted by Gasteiger charge is -2.33. The SMILES string of the molecule is CC(C)OC(=O)N1CCN(C(=O)/C=C/c2ccc(Sc3ccc(/C=C/C(=O)N4CCN(C(=O)OC(C)C)CC4)cc3[N+](=O)[O-])c([N+](=O)[O-])c2)CC1. The Morgan fingerprint density at radius 2 is 0.961 bits per heavy atom. The fourth-order valence-corrected chi connectivity index (χ4v) is 6.15. The van der Waals surface area contributed by atoms with Gasteiger partial charge < -0.3 is 29.1 Å². The van der Waals surface area contributed by atoms with E-state index in [1.807, 2.05) is 0 Å². The van der Waals surface area contributed by atoms with Crippen LogP contribution in [-0.4, -0.2) is 118 Å². The first-order valence-electron chi connectivity index (χ1n) is 16.3. The van der Waals surface area contributed by atoms with Crippen molar-refractivity contribution in [1.29, 1.82) is 0 Å². The van der Waals surface area contributed by atoms with Crippen molar-refractivity contribution in [3.63, 3.8) is 0 Å². The zero-order valence-corrected chi connectivity index (χ0v) is 29.6. The molecule has 51 heavy (non-hydrogen) atoms. The molecule has 4 amide bonds. The lowest BCUT2D eigenvalue weighted by molar-refractivity contribution is -0.388. The summed E-state index contributed by atoms with van der Waals surface area (Å²) < 4.78 is 10.4. The van der Waals surface area contributed by atoms with Crippen LogP contribution in [-0.2, 0) is 19.1 Å². The van der Waals surface area contributed by atoms with Gasteiger partial charge in [0.1, 0.15) is 0 Å². The van der Waals surface area contributed by atoms with Crippen LogP contribution in [0.3, 0.4) is 0 Å². The number of rotatable bonds is 10. The van der Waals surface area contributed by atoms with Crippen LogP contribution in [0.4, 0.5) is 21.0 Å². The molecule has 2 aliphatic rings. The summed E-state index contributed by atoms with van der Waals surface area (Å²) in [7, 11) is 0.